The normalized spacial score (nSPS) is 22.8. The van der Waals surface area contributed by atoms with E-state index in [1.165, 1.54) is 12.7 Å². The van der Waals surface area contributed by atoms with Gasteiger partial charge in [-0.05, 0) is 71.3 Å². The molecule has 0 saturated carbocycles. The van der Waals surface area contributed by atoms with E-state index in [-0.39, 0.29) is 59.7 Å². The Bertz CT molecular complexity index is 2140. The number of ether oxygens (including phenoxy) is 2. The fraction of sp³-hybridized carbons (Fsp3) is 0.452. The van der Waals surface area contributed by atoms with E-state index in [9.17, 15) is 14.4 Å². The Labute approximate surface area is 322 Å². The van der Waals surface area contributed by atoms with Crippen LogP contribution in [0.1, 0.15) is 121 Å². The summed E-state index contributed by atoms with van der Waals surface area (Å²) in [4.78, 5) is 55.9. The molecule has 3 aromatic heterocycles. The van der Waals surface area contributed by atoms with E-state index in [4.69, 9.17) is 29.7 Å². The summed E-state index contributed by atoms with van der Waals surface area (Å²) < 4.78 is 10.8. The minimum absolute atomic E-state index is 0. The van der Waals surface area contributed by atoms with Gasteiger partial charge in [-0.3, -0.25) is 14.4 Å². The predicted molar refractivity (Wildman–Crippen MR) is 204 cm³/mol. The van der Waals surface area contributed by atoms with Crippen LogP contribution in [0.4, 0.5) is 0 Å². The number of hydrogen-bond donors (Lipinski definition) is 0. The predicted octanol–water partition coefficient (Wildman–Crippen LogP) is 5.65. The zero-order chi connectivity index (χ0) is 36.7. The number of rotatable bonds is 10. The molecule has 9 nitrogen and oxygen atoms in total. The van der Waals surface area contributed by atoms with E-state index in [0.29, 0.717) is 40.2 Å². The van der Waals surface area contributed by atoms with Crippen LogP contribution in [0.25, 0.3) is 29.1 Å². The number of nitrogens with zero attached hydrogens (tertiary/aromatic N) is 4. The Hall–Kier alpha value is -4.02. The van der Waals surface area contributed by atoms with Crippen molar-refractivity contribution in [3.05, 3.63) is 95.2 Å². The third kappa shape index (κ3) is 6.91. The molecule has 3 aliphatic rings. The van der Waals surface area contributed by atoms with Crippen LogP contribution < -0.4 is 25.7 Å². The third-order valence-corrected chi connectivity index (χ3v) is 11.0. The molecule has 52 heavy (non-hydrogen) atoms. The number of carbonyl (C=O) groups excluding carboxylic acids is 3. The number of methoxy groups -OCH3 is 1. The molecule has 6 rings (SSSR count). The number of Topliss-reactive ketones (excluding diaryl/α,β-unsaturated/α-hetero) is 1. The van der Waals surface area contributed by atoms with Crippen LogP contribution in [0, 0.1) is 38.5 Å². The van der Waals surface area contributed by atoms with Crippen molar-refractivity contribution in [1.82, 2.24) is 15.0 Å². The molecular weight excluding hydrogens is 665 g/mol. The molecule has 3 atom stereocenters. The number of fused-ring (bicyclic) bond motifs is 7. The summed E-state index contributed by atoms with van der Waals surface area (Å²) >= 11 is 0. The number of carbonyl (C=O) groups is 3. The summed E-state index contributed by atoms with van der Waals surface area (Å²) in [7, 11) is 1.29. The first kappa shape index (κ1) is 39.2. The van der Waals surface area contributed by atoms with E-state index >= 15 is 0 Å². The van der Waals surface area contributed by atoms with Gasteiger partial charge >= 0.3 is 35.0 Å². The molecule has 1 aliphatic carbocycles. The molecular formula is C42H48MgN4O5-2. The van der Waals surface area contributed by atoms with Crippen LogP contribution in [0.2, 0.25) is 0 Å². The van der Waals surface area contributed by atoms with Gasteiger partial charge in [0.15, 0.2) is 5.78 Å². The summed E-state index contributed by atoms with van der Waals surface area (Å²) in [5, 5.41) is 6.87. The summed E-state index contributed by atoms with van der Waals surface area (Å²) in [6, 6.07) is 0. The maximum Gasteiger partial charge on any atom is 2.00 e. The van der Waals surface area contributed by atoms with Gasteiger partial charge in [0.25, 0.3) is 0 Å². The molecule has 8 bridgehead atoms. The molecule has 0 spiro atoms. The van der Waals surface area contributed by atoms with Gasteiger partial charge in [-0.15, -0.1) is 33.5 Å². The average molecular weight is 713 g/mol. The maximum atomic E-state index is 14.2. The SMILES string of the molecule is CCC/C(C)=C\COC(=O)CC[C@@H]1/C2=C3/c4[n-]c(c(C)c4C(=O)[C@@H]3C(=O)OC)/C=c3\[n-]/c(c(C)c3CC)=C\c3[n-]c(c(C)c3CC)/C=C(\[N-]2)[C@H]1C.[Mg+2]. The van der Waals surface area contributed by atoms with Crippen LogP contribution in [-0.4, -0.2) is 54.5 Å². The molecule has 1 fully saturated rings. The number of ketones is 1. The van der Waals surface area contributed by atoms with Gasteiger partial charge in [0, 0.05) is 12.0 Å². The molecule has 270 valence electrons. The van der Waals surface area contributed by atoms with Crippen molar-refractivity contribution in [3.63, 3.8) is 0 Å². The van der Waals surface area contributed by atoms with Gasteiger partial charge in [-0.2, -0.15) is 11.4 Å². The molecule has 0 aromatic carbocycles. The van der Waals surface area contributed by atoms with Crippen molar-refractivity contribution in [3.8, 4) is 0 Å². The zero-order valence-electron chi connectivity index (χ0n) is 32.0. The first-order valence-electron chi connectivity index (χ1n) is 18.2. The Balaban J connectivity index is 0.00000523. The smallest absolute Gasteiger partial charge is 0.664 e. The number of aromatic nitrogens is 3. The van der Waals surface area contributed by atoms with Gasteiger partial charge in [-0.25, -0.2) is 0 Å². The van der Waals surface area contributed by atoms with Gasteiger partial charge in [0.05, 0.1) is 7.11 Å². The number of esters is 2. The van der Waals surface area contributed by atoms with Crippen molar-refractivity contribution < 1.29 is 23.9 Å². The zero-order valence-corrected chi connectivity index (χ0v) is 33.4. The van der Waals surface area contributed by atoms with E-state index in [2.05, 4.69) is 47.6 Å². The van der Waals surface area contributed by atoms with E-state index < -0.39 is 11.9 Å². The van der Waals surface area contributed by atoms with E-state index in [1.54, 1.807) is 0 Å². The Morgan fingerprint density at radius 3 is 2.23 bits per heavy atom. The second kappa shape index (κ2) is 15.9. The maximum absolute atomic E-state index is 14.2. The largest absolute Gasteiger partial charge is 2.00 e. The molecule has 0 radical (unpaired) electrons. The molecule has 1 saturated heterocycles. The van der Waals surface area contributed by atoms with Crippen molar-refractivity contribution in [1.29, 1.82) is 0 Å². The summed E-state index contributed by atoms with van der Waals surface area (Å²) in [6.07, 6.45) is 12.1. The number of hydrogen-bond acceptors (Lipinski definition) is 5. The minimum Gasteiger partial charge on any atom is -0.664 e. The van der Waals surface area contributed by atoms with Gasteiger partial charge in [0.2, 0.25) is 0 Å². The molecule has 10 heteroatoms. The molecule has 2 aliphatic heterocycles. The van der Waals surface area contributed by atoms with Crippen LogP contribution in [0.15, 0.2) is 23.0 Å². The standard InChI is InChI=1S/C42H49N4O5.Mg/c1-10-13-21(4)16-17-51-35(47)15-14-28-24(7)31-18-29-22(5)26(11-2)33(43-29)19-30-23(6)27(12-3)34(44-30)20-32-25(8)36-40(46-32)37(39(28)45-31)38(41(36)48)42(49)50-9;/h16,18-20,24,28,38H,10-15,17H2,1-9H3,(H-,45,46,48);/q-3;+2/p-1/b21-16-,30-19-,31-18-,34-20-;/t24-,28-,38+;/m0./s1. The summed E-state index contributed by atoms with van der Waals surface area (Å²) in [6.45, 7) is 16.7. The van der Waals surface area contributed by atoms with Crippen LogP contribution in [0.5, 0.6) is 0 Å². The molecule has 0 amide bonds. The van der Waals surface area contributed by atoms with Gasteiger partial charge < -0.3 is 29.7 Å². The fourth-order valence-corrected chi connectivity index (χ4v) is 7.99. The first-order valence-corrected chi connectivity index (χ1v) is 18.2. The van der Waals surface area contributed by atoms with Crippen molar-refractivity contribution >= 4 is 64.6 Å². The van der Waals surface area contributed by atoms with Gasteiger partial charge in [0.1, 0.15) is 12.5 Å². The van der Waals surface area contributed by atoms with Crippen LogP contribution in [0.3, 0.4) is 0 Å². The summed E-state index contributed by atoms with van der Waals surface area (Å²) in [5.74, 6) is -2.94. The van der Waals surface area contributed by atoms with Gasteiger partial charge in [-0.1, -0.05) is 91.3 Å². The fourth-order valence-electron chi connectivity index (χ4n) is 7.99. The quantitative estimate of drug-likeness (QED) is 0.114. The van der Waals surface area contributed by atoms with Crippen LogP contribution in [-0.2, 0) is 31.9 Å². The number of allylic oxidation sites excluding steroid dienone is 3. The molecule has 0 unspecified atom stereocenters. The molecule has 3 aromatic rings. The van der Waals surface area contributed by atoms with E-state index in [0.717, 1.165) is 75.7 Å². The van der Waals surface area contributed by atoms with E-state index in [1.807, 2.05) is 32.1 Å². The third-order valence-electron chi connectivity index (χ3n) is 11.0. The second-order valence-corrected chi connectivity index (χ2v) is 14.0. The average Bonchev–Trinajstić information content (AvgIpc) is 3.84. The first-order chi connectivity index (χ1) is 24.4. The Morgan fingerprint density at radius 1 is 0.865 bits per heavy atom. The van der Waals surface area contributed by atoms with Crippen molar-refractivity contribution in [2.24, 2.45) is 17.8 Å². The Kier molecular flexibility index (Phi) is 12.0. The topological polar surface area (TPSA) is 126 Å². The van der Waals surface area contributed by atoms with Crippen molar-refractivity contribution in [2.75, 3.05) is 13.7 Å². The van der Waals surface area contributed by atoms with Crippen molar-refractivity contribution in [2.45, 2.75) is 93.9 Å². The Morgan fingerprint density at radius 2 is 1.56 bits per heavy atom. The molecule has 5 heterocycles. The monoisotopic (exact) mass is 712 g/mol. The molecule has 0 N–H and O–H groups in total. The van der Waals surface area contributed by atoms with Crippen LogP contribution >= 0.6 is 0 Å². The second-order valence-electron chi connectivity index (χ2n) is 14.0. The minimum atomic E-state index is -1.20. The summed E-state index contributed by atoms with van der Waals surface area (Å²) in [5.41, 5.74) is 11.3.